The molecule has 0 N–H and O–H groups in total. The third-order valence-electron chi connectivity index (χ3n) is 3.70. The summed E-state index contributed by atoms with van der Waals surface area (Å²) in [5.74, 6) is -0.351. The molecule has 0 amide bonds. The normalized spacial score (nSPS) is 11.8. The lowest BCUT2D eigenvalue weighted by molar-refractivity contribution is 0.0600. The number of hydrogen-bond acceptors (Lipinski definition) is 5. The van der Waals surface area contributed by atoms with Gasteiger partial charge in [0.05, 0.1) is 24.6 Å². The third kappa shape index (κ3) is 3.97. The zero-order valence-electron chi connectivity index (χ0n) is 14.6. The molecule has 0 atom stereocenters. The van der Waals surface area contributed by atoms with E-state index in [2.05, 4.69) is 27.6 Å². The van der Waals surface area contributed by atoms with Gasteiger partial charge in [-0.1, -0.05) is 42.5 Å². The molecule has 3 rings (SSSR count). The van der Waals surface area contributed by atoms with Gasteiger partial charge in [-0.2, -0.15) is 5.10 Å². The van der Waals surface area contributed by atoms with E-state index in [1.807, 2.05) is 41.9 Å². The highest BCUT2D eigenvalue weighted by atomic mass is 32.1. The van der Waals surface area contributed by atoms with Gasteiger partial charge in [0, 0.05) is 17.5 Å². The summed E-state index contributed by atoms with van der Waals surface area (Å²) in [6.45, 7) is 2.69. The van der Waals surface area contributed by atoms with Gasteiger partial charge in [-0.15, -0.1) is 11.3 Å². The van der Waals surface area contributed by atoms with Crippen molar-refractivity contribution in [1.82, 2.24) is 4.68 Å². The maximum atomic E-state index is 11.5. The Bertz CT molecular complexity index is 970. The first kappa shape index (κ1) is 17.8. The SMILES string of the molecule is CCN=c1scc(-c2ccccc2)n1/N=C\c1ccc(C(=O)OC)cc1. The maximum absolute atomic E-state index is 11.5. The topological polar surface area (TPSA) is 56.0 Å². The minimum Gasteiger partial charge on any atom is -0.465 e. The molecule has 0 unspecified atom stereocenters. The fraction of sp³-hybridized carbons (Fsp3) is 0.150. The molecule has 1 heterocycles. The van der Waals surface area contributed by atoms with E-state index in [-0.39, 0.29) is 5.97 Å². The first-order valence-corrected chi connectivity index (χ1v) is 9.10. The molecule has 0 saturated heterocycles. The van der Waals surface area contributed by atoms with E-state index in [0.717, 1.165) is 21.6 Å². The van der Waals surface area contributed by atoms with Crippen LogP contribution in [-0.4, -0.2) is 30.5 Å². The lowest BCUT2D eigenvalue weighted by Crippen LogP contribution is -2.12. The Morgan fingerprint density at radius 2 is 1.88 bits per heavy atom. The Hall–Kier alpha value is -2.99. The summed E-state index contributed by atoms with van der Waals surface area (Å²) in [5, 5.41) is 6.68. The van der Waals surface area contributed by atoms with Crippen molar-refractivity contribution in [3.8, 4) is 11.3 Å². The van der Waals surface area contributed by atoms with E-state index in [0.29, 0.717) is 12.1 Å². The van der Waals surface area contributed by atoms with Crippen molar-refractivity contribution in [3.63, 3.8) is 0 Å². The van der Waals surface area contributed by atoms with Gasteiger partial charge in [0.2, 0.25) is 4.80 Å². The molecule has 0 saturated carbocycles. The Kier molecular flexibility index (Phi) is 5.76. The Morgan fingerprint density at radius 1 is 1.15 bits per heavy atom. The molecule has 132 valence electrons. The van der Waals surface area contributed by atoms with E-state index < -0.39 is 0 Å². The maximum Gasteiger partial charge on any atom is 0.337 e. The molecule has 5 nitrogen and oxygen atoms in total. The molecule has 0 aliphatic carbocycles. The van der Waals surface area contributed by atoms with Gasteiger partial charge in [0.15, 0.2) is 0 Å². The molecule has 0 bridgehead atoms. The molecule has 3 aromatic rings. The largest absolute Gasteiger partial charge is 0.465 e. The van der Waals surface area contributed by atoms with Crippen LogP contribution >= 0.6 is 11.3 Å². The number of methoxy groups -OCH3 is 1. The predicted octanol–water partition coefficient (Wildman–Crippen LogP) is 3.81. The molecule has 0 fully saturated rings. The second kappa shape index (κ2) is 8.40. The minimum atomic E-state index is -0.351. The molecule has 0 aliphatic rings. The van der Waals surface area contributed by atoms with Crippen LogP contribution in [0.1, 0.15) is 22.8 Å². The van der Waals surface area contributed by atoms with Crippen LogP contribution < -0.4 is 4.80 Å². The summed E-state index contributed by atoms with van der Waals surface area (Å²) in [6, 6.07) is 17.2. The number of carbonyl (C=O) groups is 1. The molecule has 0 radical (unpaired) electrons. The number of aromatic nitrogens is 1. The lowest BCUT2D eigenvalue weighted by atomic mass is 10.1. The van der Waals surface area contributed by atoms with Crippen molar-refractivity contribution in [1.29, 1.82) is 0 Å². The van der Waals surface area contributed by atoms with Crippen LogP contribution in [-0.2, 0) is 4.74 Å². The van der Waals surface area contributed by atoms with Crippen LogP contribution in [0, 0.1) is 0 Å². The zero-order valence-corrected chi connectivity index (χ0v) is 15.4. The number of carbonyl (C=O) groups excluding carboxylic acids is 1. The highest BCUT2D eigenvalue weighted by Crippen LogP contribution is 2.19. The zero-order chi connectivity index (χ0) is 18.4. The smallest absolute Gasteiger partial charge is 0.337 e. The molecule has 1 aromatic heterocycles. The van der Waals surface area contributed by atoms with Crippen LogP contribution in [0.3, 0.4) is 0 Å². The summed E-state index contributed by atoms with van der Waals surface area (Å²) in [7, 11) is 1.37. The van der Waals surface area contributed by atoms with Gasteiger partial charge in [-0.05, 0) is 24.6 Å². The van der Waals surface area contributed by atoms with Crippen LogP contribution in [0.15, 0.2) is 70.1 Å². The summed E-state index contributed by atoms with van der Waals surface area (Å²) >= 11 is 1.56. The van der Waals surface area contributed by atoms with Gasteiger partial charge in [0.1, 0.15) is 0 Å². The summed E-state index contributed by atoms with van der Waals surface area (Å²) in [4.78, 5) is 16.9. The first-order valence-electron chi connectivity index (χ1n) is 8.22. The average molecular weight is 365 g/mol. The molecular formula is C20H19N3O2S. The number of esters is 1. The standard InChI is InChI=1S/C20H19N3O2S/c1-3-21-20-23(18(14-26-20)16-7-5-4-6-8-16)22-13-15-9-11-17(12-10-15)19(24)25-2/h4-14H,3H2,1-2H3/b21-20?,22-13-. The van der Waals surface area contributed by atoms with Crippen LogP contribution in [0.4, 0.5) is 0 Å². The van der Waals surface area contributed by atoms with E-state index in [9.17, 15) is 4.79 Å². The number of nitrogens with zero attached hydrogens (tertiary/aromatic N) is 3. The highest BCUT2D eigenvalue weighted by molar-refractivity contribution is 7.07. The second-order valence-corrected chi connectivity index (χ2v) is 6.25. The fourth-order valence-corrected chi connectivity index (χ4v) is 3.31. The molecule has 0 spiro atoms. The number of rotatable bonds is 5. The lowest BCUT2D eigenvalue weighted by Gasteiger charge is -2.03. The number of ether oxygens (including phenoxy) is 1. The van der Waals surface area contributed by atoms with E-state index in [1.54, 1.807) is 29.7 Å². The summed E-state index contributed by atoms with van der Waals surface area (Å²) in [5.41, 5.74) is 3.47. The van der Waals surface area contributed by atoms with Gasteiger partial charge in [-0.25, -0.2) is 9.47 Å². The van der Waals surface area contributed by atoms with Crippen molar-refractivity contribution >= 4 is 23.5 Å². The Balaban J connectivity index is 1.96. The predicted molar refractivity (Wildman–Crippen MR) is 105 cm³/mol. The van der Waals surface area contributed by atoms with E-state index >= 15 is 0 Å². The van der Waals surface area contributed by atoms with Crippen LogP contribution in [0.25, 0.3) is 11.3 Å². The Morgan fingerprint density at radius 3 is 2.54 bits per heavy atom. The number of thiazole rings is 1. The third-order valence-corrected chi connectivity index (χ3v) is 4.56. The molecule has 26 heavy (non-hydrogen) atoms. The van der Waals surface area contributed by atoms with Crippen LogP contribution in [0.5, 0.6) is 0 Å². The molecule has 6 heteroatoms. The van der Waals surface area contributed by atoms with Crippen molar-refractivity contribution in [2.45, 2.75) is 6.92 Å². The number of benzene rings is 2. The monoisotopic (exact) mass is 365 g/mol. The van der Waals surface area contributed by atoms with Gasteiger partial charge in [-0.3, -0.25) is 4.99 Å². The van der Waals surface area contributed by atoms with E-state index in [4.69, 9.17) is 4.74 Å². The van der Waals surface area contributed by atoms with Gasteiger partial charge in [0.25, 0.3) is 0 Å². The van der Waals surface area contributed by atoms with Crippen LogP contribution in [0.2, 0.25) is 0 Å². The average Bonchev–Trinajstić information content (AvgIpc) is 3.09. The Labute approximate surface area is 155 Å². The fourth-order valence-electron chi connectivity index (χ4n) is 2.41. The number of hydrogen-bond donors (Lipinski definition) is 0. The minimum absolute atomic E-state index is 0.351. The first-order chi connectivity index (χ1) is 12.7. The molecule has 0 aliphatic heterocycles. The van der Waals surface area contributed by atoms with Crippen molar-refractivity contribution in [2.24, 2.45) is 10.1 Å². The summed E-state index contributed by atoms with van der Waals surface area (Å²) in [6.07, 6.45) is 1.76. The van der Waals surface area contributed by atoms with Gasteiger partial charge >= 0.3 is 5.97 Å². The van der Waals surface area contributed by atoms with Gasteiger partial charge < -0.3 is 4.74 Å². The van der Waals surface area contributed by atoms with Crippen molar-refractivity contribution in [2.75, 3.05) is 13.7 Å². The molecular weight excluding hydrogens is 346 g/mol. The molecule has 2 aromatic carbocycles. The van der Waals surface area contributed by atoms with Crippen molar-refractivity contribution in [3.05, 3.63) is 75.9 Å². The van der Waals surface area contributed by atoms with Crippen molar-refractivity contribution < 1.29 is 9.53 Å². The summed E-state index contributed by atoms with van der Waals surface area (Å²) < 4.78 is 6.56. The highest BCUT2D eigenvalue weighted by Gasteiger charge is 2.07. The quantitative estimate of drug-likeness (QED) is 0.510. The van der Waals surface area contributed by atoms with E-state index in [1.165, 1.54) is 7.11 Å². The second-order valence-electron chi connectivity index (χ2n) is 5.41.